The molecule has 3 heteroatoms. The van der Waals surface area contributed by atoms with Crippen LogP contribution in [0.4, 0.5) is 5.82 Å². The molecule has 1 aromatic carbocycles. The molecule has 0 spiro atoms. The van der Waals surface area contributed by atoms with E-state index in [0.717, 1.165) is 41.1 Å². The highest BCUT2D eigenvalue weighted by molar-refractivity contribution is 5.75. The van der Waals surface area contributed by atoms with Crippen LogP contribution in [0.1, 0.15) is 37.0 Å². The van der Waals surface area contributed by atoms with Crippen molar-refractivity contribution in [3.05, 3.63) is 35.6 Å². The quantitative estimate of drug-likeness (QED) is 0.917. The fraction of sp³-hybridized carbons (Fsp3) is 0.500. The van der Waals surface area contributed by atoms with Crippen molar-refractivity contribution in [3.8, 4) is 11.1 Å². The van der Waals surface area contributed by atoms with E-state index in [4.69, 9.17) is 10.3 Å². The first kappa shape index (κ1) is 12.9. The molecule has 2 saturated carbocycles. The van der Waals surface area contributed by atoms with Gasteiger partial charge in [0.05, 0.1) is 5.56 Å². The second-order valence-electron chi connectivity index (χ2n) is 6.87. The highest BCUT2D eigenvalue weighted by Gasteiger charge is 2.40. The van der Waals surface area contributed by atoms with Gasteiger partial charge in [-0.05, 0) is 49.5 Å². The van der Waals surface area contributed by atoms with Crippen molar-refractivity contribution in [1.29, 1.82) is 0 Å². The molecule has 3 nitrogen and oxygen atoms in total. The van der Waals surface area contributed by atoms with E-state index in [2.05, 4.69) is 36.3 Å². The minimum atomic E-state index is 0.525. The number of nitrogens with zero attached hydrogens (tertiary/aromatic N) is 1. The molecule has 3 atom stereocenters. The van der Waals surface area contributed by atoms with Gasteiger partial charge in [0.2, 0.25) is 0 Å². The number of benzene rings is 1. The number of aromatic nitrogens is 1. The van der Waals surface area contributed by atoms with Crippen LogP contribution >= 0.6 is 0 Å². The summed E-state index contributed by atoms with van der Waals surface area (Å²) in [4.78, 5) is 0. The second-order valence-corrected chi connectivity index (χ2v) is 6.87. The first-order valence-electron chi connectivity index (χ1n) is 8.01. The predicted octanol–water partition coefficient (Wildman–Crippen LogP) is 4.21. The van der Waals surface area contributed by atoms with Gasteiger partial charge in [-0.3, -0.25) is 0 Å². The molecule has 2 aromatic rings. The molecule has 2 aliphatic rings. The summed E-state index contributed by atoms with van der Waals surface area (Å²) in [7, 11) is 0. The van der Waals surface area contributed by atoms with Gasteiger partial charge in [-0.15, -0.1) is 0 Å². The summed E-state index contributed by atoms with van der Waals surface area (Å²) in [6.07, 6.45) is 6.62. The fourth-order valence-corrected chi connectivity index (χ4v) is 4.37. The molecule has 0 amide bonds. The second kappa shape index (κ2) is 4.90. The van der Waals surface area contributed by atoms with Gasteiger partial charge < -0.3 is 10.3 Å². The zero-order chi connectivity index (χ0) is 14.4. The van der Waals surface area contributed by atoms with E-state index < -0.39 is 0 Å². The number of anilines is 1. The monoisotopic (exact) mass is 282 g/mol. The Labute approximate surface area is 125 Å². The molecule has 2 N–H and O–H groups in total. The number of rotatable bonds is 3. The van der Waals surface area contributed by atoms with Crippen molar-refractivity contribution in [2.45, 2.75) is 39.0 Å². The Hall–Kier alpha value is -1.77. The summed E-state index contributed by atoms with van der Waals surface area (Å²) in [5.41, 5.74) is 9.44. The molecule has 110 valence electrons. The van der Waals surface area contributed by atoms with Gasteiger partial charge in [0.15, 0.2) is 5.82 Å². The highest BCUT2D eigenvalue weighted by Crippen LogP contribution is 2.50. The Morgan fingerprint density at radius 1 is 1.19 bits per heavy atom. The molecular weight excluding hydrogens is 260 g/mol. The zero-order valence-electron chi connectivity index (χ0n) is 12.5. The Bertz CT molecular complexity index is 644. The van der Waals surface area contributed by atoms with Crippen LogP contribution in [0.25, 0.3) is 11.1 Å². The average Bonchev–Trinajstić information content (AvgIpc) is 3.17. The molecule has 0 aliphatic heterocycles. The average molecular weight is 282 g/mol. The number of hydrogen-bond donors (Lipinski definition) is 1. The first-order valence-corrected chi connectivity index (χ1v) is 8.01. The minimum Gasteiger partial charge on any atom is -0.380 e. The van der Waals surface area contributed by atoms with Crippen LogP contribution in [0, 0.1) is 24.7 Å². The molecule has 2 bridgehead atoms. The molecule has 4 rings (SSSR count). The van der Waals surface area contributed by atoms with Crippen molar-refractivity contribution in [1.82, 2.24) is 5.16 Å². The van der Waals surface area contributed by atoms with Crippen LogP contribution in [0.5, 0.6) is 0 Å². The third kappa shape index (κ3) is 2.25. The van der Waals surface area contributed by atoms with E-state index in [0.29, 0.717) is 5.82 Å². The Morgan fingerprint density at radius 3 is 2.67 bits per heavy atom. The lowest BCUT2D eigenvalue weighted by atomic mass is 9.84. The Kier molecular flexibility index (Phi) is 3.02. The molecule has 1 heterocycles. The smallest absolute Gasteiger partial charge is 0.175 e. The lowest BCUT2D eigenvalue weighted by molar-refractivity contribution is 0.294. The standard InChI is InChI=1S/C18H22N2O/c1-11-2-5-13(6-3-11)17-16(21-20-18(17)19)10-15-9-12-4-7-14(15)8-12/h2-3,5-6,12,14-15H,4,7-10H2,1H3,(H2,19,20). The van der Waals surface area contributed by atoms with Crippen molar-refractivity contribution in [2.75, 3.05) is 5.73 Å². The van der Waals surface area contributed by atoms with E-state index in [9.17, 15) is 0 Å². The van der Waals surface area contributed by atoms with Crippen LogP contribution in [-0.4, -0.2) is 5.16 Å². The Morgan fingerprint density at radius 2 is 2.00 bits per heavy atom. The molecular formula is C18H22N2O. The number of nitrogens with two attached hydrogens (primary N) is 1. The van der Waals surface area contributed by atoms with Gasteiger partial charge in [0.1, 0.15) is 5.76 Å². The number of aryl methyl sites for hydroxylation is 1. The molecule has 2 aliphatic carbocycles. The van der Waals surface area contributed by atoms with Crippen molar-refractivity contribution >= 4 is 5.82 Å². The molecule has 0 saturated heterocycles. The summed E-state index contributed by atoms with van der Waals surface area (Å²) >= 11 is 0. The van der Waals surface area contributed by atoms with E-state index in [-0.39, 0.29) is 0 Å². The van der Waals surface area contributed by atoms with Crippen LogP contribution in [-0.2, 0) is 6.42 Å². The minimum absolute atomic E-state index is 0.525. The SMILES string of the molecule is Cc1ccc(-c2c(N)noc2CC2CC3CCC2C3)cc1. The molecule has 21 heavy (non-hydrogen) atoms. The Balaban J connectivity index is 1.63. The van der Waals surface area contributed by atoms with Gasteiger partial charge in [-0.25, -0.2) is 0 Å². The van der Waals surface area contributed by atoms with E-state index in [1.807, 2.05) is 0 Å². The third-order valence-corrected chi connectivity index (χ3v) is 5.46. The first-order chi connectivity index (χ1) is 10.2. The summed E-state index contributed by atoms with van der Waals surface area (Å²) in [6, 6.07) is 8.46. The number of nitrogen functional groups attached to an aromatic ring is 1. The largest absolute Gasteiger partial charge is 0.380 e. The summed E-state index contributed by atoms with van der Waals surface area (Å²) < 4.78 is 5.57. The van der Waals surface area contributed by atoms with Gasteiger partial charge in [0, 0.05) is 6.42 Å². The normalized spacial score (nSPS) is 27.4. The fourth-order valence-electron chi connectivity index (χ4n) is 4.37. The lowest BCUT2D eigenvalue weighted by Crippen LogP contribution is -2.13. The molecule has 0 radical (unpaired) electrons. The van der Waals surface area contributed by atoms with Crippen LogP contribution in [0.15, 0.2) is 28.8 Å². The van der Waals surface area contributed by atoms with Gasteiger partial charge >= 0.3 is 0 Å². The third-order valence-electron chi connectivity index (χ3n) is 5.46. The molecule has 2 fully saturated rings. The van der Waals surface area contributed by atoms with Crippen molar-refractivity contribution < 1.29 is 4.52 Å². The number of fused-ring (bicyclic) bond motifs is 2. The maximum absolute atomic E-state index is 6.06. The molecule has 3 unspecified atom stereocenters. The predicted molar refractivity (Wildman–Crippen MR) is 83.7 cm³/mol. The molecule has 1 aromatic heterocycles. The van der Waals surface area contributed by atoms with Gasteiger partial charge in [-0.1, -0.05) is 41.4 Å². The van der Waals surface area contributed by atoms with E-state index in [1.54, 1.807) is 0 Å². The zero-order valence-corrected chi connectivity index (χ0v) is 12.5. The van der Waals surface area contributed by atoms with Gasteiger partial charge in [0.25, 0.3) is 0 Å². The van der Waals surface area contributed by atoms with Crippen LogP contribution in [0.2, 0.25) is 0 Å². The van der Waals surface area contributed by atoms with Crippen LogP contribution in [0.3, 0.4) is 0 Å². The van der Waals surface area contributed by atoms with Crippen molar-refractivity contribution in [2.24, 2.45) is 17.8 Å². The maximum Gasteiger partial charge on any atom is 0.175 e. The maximum atomic E-state index is 6.06. The summed E-state index contributed by atoms with van der Waals surface area (Å²) in [5, 5.41) is 4.02. The number of hydrogen-bond acceptors (Lipinski definition) is 3. The van der Waals surface area contributed by atoms with E-state index in [1.165, 1.54) is 31.2 Å². The van der Waals surface area contributed by atoms with Gasteiger partial charge in [-0.2, -0.15) is 0 Å². The van der Waals surface area contributed by atoms with E-state index >= 15 is 0 Å². The summed E-state index contributed by atoms with van der Waals surface area (Å²) in [6.45, 7) is 2.09. The van der Waals surface area contributed by atoms with Crippen molar-refractivity contribution in [3.63, 3.8) is 0 Å². The summed E-state index contributed by atoms with van der Waals surface area (Å²) in [5.74, 6) is 4.13. The highest BCUT2D eigenvalue weighted by atomic mass is 16.5. The topological polar surface area (TPSA) is 52.0 Å². The van der Waals surface area contributed by atoms with Crippen LogP contribution < -0.4 is 5.73 Å². The lowest BCUT2D eigenvalue weighted by Gasteiger charge is -2.20.